The number of nitrogen functional groups attached to an aromatic ring is 1. The minimum absolute atomic E-state index is 0.00917. The monoisotopic (exact) mass is 283 g/mol. The SMILES string of the molecule is CCNc1nc(N)c(C(=O)N2CCN(CC)CC2)s1. The van der Waals surface area contributed by atoms with Crippen LogP contribution in [0.25, 0.3) is 0 Å². The summed E-state index contributed by atoms with van der Waals surface area (Å²) >= 11 is 1.34. The standard InChI is InChI=1S/C12H21N5OS/c1-3-14-12-15-10(13)9(19-12)11(18)17-7-5-16(4-2)6-8-17/h3-8,13H2,1-2H3,(H,14,15). The molecule has 7 heteroatoms. The maximum absolute atomic E-state index is 12.4. The van der Waals surface area contributed by atoms with Crippen molar-refractivity contribution in [3.8, 4) is 0 Å². The van der Waals surface area contributed by atoms with Crippen molar-refractivity contribution in [1.29, 1.82) is 0 Å². The molecular weight excluding hydrogens is 262 g/mol. The number of thiazole rings is 1. The number of anilines is 2. The van der Waals surface area contributed by atoms with Gasteiger partial charge in [-0.15, -0.1) is 0 Å². The molecule has 6 nitrogen and oxygen atoms in total. The van der Waals surface area contributed by atoms with Crippen LogP contribution < -0.4 is 11.1 Å². The smallest absolute Gasteiger partial charge is 0.267 e. The van der Waals surface area contributed by atoms with E-state index in [0.717, 1.165) is 44.4 Å². The van der Waals surface area contributed by atoms with E-state index in [1.807, 2.05) is 11.8 Å². The molecule has 1 amide bonds. The molecule has 0 aliphatic carbocycles. The Balaban J connectivity index is 2.03. The Labute approximate surface area is 117 Å². The van der Waals surface area contributed by atoms with Crippen LogP contribution in [0, 0.1) is 0 Å². The molecule has 1 aromatic heterocycles. The molecule has 2 rings (SSSR count). The first-order valence-electron chi connectivity index (χ1n) is 6.67. The Kier molecular flexibility index (Phi) is 4.60. The molecule has 1 saturated heterocycles. The van der Waals surface area contributed by atoms with Gasteiger partial charge in [-0.05, 0) is 13.5 Å². The van der Waals surface area contributed by atoms with Crippen LogP contribution in [0.2, 0.25) is 0 Å². The molecule has 1 aliphatic rings. The molecule has 0 radical (unpaired) electrons. The van der Waals surface area contributed by atoms with Gasteiger partial charge in [0.1, 0.15) is 10.7 Å². The van der Waals surface area contributed by atoms with Gasteiger partial charge in [0, 0.05) is 32.7 Å². The number of hydrogen-bond acceptors (Lipinski definition) is 6. The summed E-state index contributed by atoms with van der Waals surface area (Å²) in [6.07, 6.45) is 0. The van der Waals surface area contributed by atoms with Gasteiger partial charge in [-0.3, -0.25) is 4.79 Å². The molecule has 0 bridgehead atoms. The molecule has 1 aromatic rings. The number of rotatable bonds is 4. The van der Waals surface area contributed by atoms with Crippen molar-refractivity contribution in [2.24, 2.45) is 0 Å². The largest absolute Gasteiger partial charge is 0.382 e. The maximum Gasteiger partial charge on any atom is 0.267 e. The van der Waals surface area contributed by atoms with Gasteiger partial charge in [0.15, 0.2) is 5.13 Å². The number of nitrogens with two attached hydrogens (primary N) is 1. The van der Waals surface area contributed by atoms with Gasteiger partial charge < -0.3 is 20.9 Å². The van der Waals surface area contributed by atoms with Crippen molar-refractivity contribution in [3.63, 3.8) is 0 Å². The summed E-state index contributed by atoms with van der Waals surface area (Å²) in [6.45, 7) is 9.33. The zero-order valence-corrected chi connectivity index (χ0v) is 12.3. The molecule has 0 aromatic carbocycles. The lowest BCUT2D eigenvalue weighted by molar-refractivity contribution is 0.0649. The van der Waals surface area contributed by atoms with E-state index < -0.39 is 0 Å². The summed E-state index contributed by atoms with van der Waals surface area (Å²) in [5.74, 6) is 0.346. The predicted molar refractivity (Wildman–Crippen MR) is 78.7 cm³/mol. The van der Waals surface area contributed by atoms with E-state index in [-0.39, 0.29) is 5.91 Å². The van der Waals surface area contributed by atoms with Gasteiger partial charge >= 0.3 is 0 Å². The van der Waals surface area contributed by atoms with Crippen molar-refractivity contribution in [2.75, 3.05) is 50.3 Å². The summed E-state index contributed by atoms with van der Waals surface area (Å²) in [7, 11) is 0. The second-order valence-electron chi connectivity index (χ2n) is 4.49. The fraction of sp³-hybridized carbons (Fsp3) is 0.667. The first-order valence-corrected chi connectivity index (χ1v) is 7.49. The van der Waals surface area contributed by atoms with Crippen molar-refractivity contribution in [2.45, 2.75) is 13.8 Å². The van der Waals surface area contributed by atoms with E-state index in [0.29, 0.717) is 10.7 Å². The average Bonchev–Trinajstić information content (AvgIpc) is 2.79. The lowest BCUT2D eigenvalue weighted by Crippen LogP contribution is -2.48. The molecule has 2 heterocycles. The highest BCUT2D eigenvalue weighted by Gasteiger charge is 2.25. The first kappa shape index (κ1) is 14.1. The van der Waals surface area contributed by atoms with Crippen molar-refractivity contribution in [1.82, 2.24) is 14.8 Å². The number of amides is 1. The second-order valence-corrected chi connectivity index (χ2v) is 5.49. The molecule has 1 fully saturated rings. The topological polar surface area (TPSA) is 74.5 Å². The van der Waals surface area contributed by atoms with Crippen LogP contribution in [0.4, 0.5) is 10.9 Å². The molecule has 0 saturated carbocycles. The van der Waals surface area contributed by atoms with Gasteiger partial charge in [-0.2, -0.15) is 0 Å². The number of carbonyl (C=O) groups excluding carboxylic acids is 1. The minimum atomic E-state index is 0.00917. The predicted octanol–water partition coefficient (Wildman–Crippen LogP) is 0.935. The normalized spacial score (nSPS) is 16.6. The molecule has 0 atom stereocenters. The number of likely N-dealkylation sites (N-methyl/N-ethyl adjacent to an activating group) is 1. The van der Waals surface area contributed by atoms with E-state index in [9.17, 15) is 4.79 Å². The third kappa shape index (κ3) is 3.16. The van der Waals surface area contributed by atoms with Gasteiger partial charge in [0.2, 0.25) is 0 Å². The highest BCUT2D eigenvalue weighted by atomic mass is 32.1. The summed E-state index contributed by atoms with van der Waals surface area (Å²) < 4.78 is 0. The zero-order valence-electron chi connectivity index (χ0n) is 11.5. The molecule has 3 N–H and O–H groups in total. The van der Waals surface area contributed by atoms with Crippen LogP contribution in [0.3, 0.4) is 0 Å². The van der Waals surface area contributed by atoms with Gasteiger partial charge in [0.05, 0.1) is 0 Å². The summed E-state index contributed by atoms with van der Waals surface area (Å²) in [4.78, 5) is 21.3. The summed E-state index contributed by atoms with van der Waals surface area (Å²) in [5, 5.41) is 3.81. The van der Waals surface area contributed by atoms with Crippen molar-refractivity contribution < 1.29 is 4.79 Å². The van der Waals surface area contributed by atoms with Crippen LogP contribution >= 0.6 is 11.3 Å². The van der Waals surface area contributed by atoms with E-state index in [2.05, 4.69) is 22.1 Å². The number of carbonyl (C=O) groups is 1. The molecule has 0 unspecified atom stereocenters. The number of nitrogens with zero attached hydrogens (tertiary/aromatic N) is 3. The van der Waals surface area contributed by atoms with Gasteiger partial charge in [-0.1, -0.05) is 18.3 Å². The average molecular weight is 283 g/mol. The third-order valence-electron chi connectivity index (χ3n) is 3.28. The molecular formula is C12H21N5OS. The van der Waals surface area contributed by atoms with Crippen LogP contribution in [0.1, 0.15) is 23.5 Å². The highest BCUT2D eigenvalue weighted by molar-refractivity contribution is 7.18. The summed E-state index contributed by atoms with van der Waals surface area (Å²) in [6, 6.07) is 0. The Morgan fingerprint density at radius 1 is 1.37 bits per heavy atom. The Morgan fingerprint density at radius 3 is 2.63 bits per heavy atom. The molecule has 19 heavy (non-hydrogen) atoms. The molecule has 0 spiro atoms. The molecule has 106 valence electrons. The van der Waals surface area contributed by atoms with Gasteiger partial charge in [-0.25, -0.2) is 4.98 Å². The Bertz CT molecular complexity index is 439. The maximum atomic E-state index is 12.4. The van der Waals surface area contributed by atoms with Crippen LogP contribution in [0.15, 0.2) is 0 Å². The zero-order chi connectivity index (χ0) is 13.8. The van der Waals surface area contributed by atoms with Crippen LogP contribution in [0.5, 0.6) is 0 Å². The third-order valence-corrected chi connectivity index (χ3v) is 4.30. The van der Waals surface area contributed by atoms with E-state index in [1.165, 1.54) is 11.3 Å². The first-order chi connectivity index (χ1) is 9.15. The Hall–Kier alpha value is -1.34. The van der Waals surface area contributed by atoms with Gasteiger partial charge in [0.25, 0.3) is 5.91 Å². The lowest BCUT2D eigenvalue weighted by Gasteiger charge is -2.33. The fourth-order valence-corrected chi connectivity index (χ4v) is 3.04. The van der Waals surface area contributed by atoms with E-state index >= 15 is 0 Å². The summed E-state index contributed by atoms with van der Waals surface area (Å²) in [5.41, 5.74) is 5.83. The van der Waals surface area contributed by atoms with Crippen molar-refractivity contribution in [3.05, 3.63) is 4.88 Å². The number of piperazine rings is 1. The van der Waals surface area contributed by atoms with Crippen LogP contribution in [-0.4, -0.2) is 60.0 Å². The number of aromatic nitrogens is 1. The molecule has 1 aliphatic heterocycles. The van der Waals surface area contributed by atoms with E-state index in [4.69, 9.17) is 5.73 Å². The number of hydrogen-bond donors (Lipinski definition) is 2. The van der Waals surface area contributed by atoms with Crippen LogP contribution in [-0.2, 0) is 0 Å². The van der Waals surface area contributed by atoms with E-state index in [1.54, 1.807) is 0 Å². The fourth-order valence-electron chi connectivity index (χ4n) is 2.12. The van der Waals surface area contributed by atoms with Crippen molar-refractivity contribution >= 4 is 28.2 Å². The lowest BCUT2D eigenvalue weighted by atomic mass is 10.3. The number of nitrogens with one attached hydrogen (secondary N) is 1. The second kappa shape index (κ2) is 6.21. The highest BCUT2D eigenvalue weighted by Crippen LogP contribution is 2.26. The minimum Gasteiger partial charge on any atom is -0.382 e. The quantitative estimate of drug-likeness (QED) is 0.860. The Morgan fingerprint density at radius 2 is 2.05 bits per heavy atom.